The molecule has 1 aromatic rings. The molecule has 2 aliphatic heterocycles. The topological polar surface area (TPSA) is 52.0 Å². The second-order valence-electron chi connectivity index (χ2n) is 8.53. The van der Waals surface area contributed by atoms with Gasteiger partial charge in [0.1, 0.15) is 5.01 Å². The summed E-state index contributed by atoms with van der Waals surface area (Å²) in [6.45, 7) is 9.27. The minimum absolute atomic E-state index is 0.281. The van der Waals surface area contributed by atoms with E-state index in [4.69, 9.17) is 4.98 Å². The largest absolute Gasteiger partial charge is 0.339 e. The number of carbonyl (C=O) groups excluding carboxylic acids is 1. The summed E-state index contributed by atoms with van der Waals surface area (Å²) in [5.74, 6) is 0.281. The minimum atomic E-state index is 0.281. The zero-order valence-electron chi connectivity index (χ0n) is 18.2. The molecule has 6 nitrogen and oxygen atoms in total. The van der Waals surface area contributed by atoms with E-state index in [0.717, 1.165) is 50.2 Å². The van der Waals surface area contributed by atoms with Crippen molar-refractivity contribution in [3.05, 3.63) is 33.9 Å². The maximum Gasteiger partial charge on any atom is 0.236 e. The molecule has 0 bridgehead atoms. The van der Waals surface area contributed by atoms with E-state index in [1.165, 1.54) is 29.8 Å². The minimum Gasteiger partial charge on any atom is -0.339 e. The van der Waals surface area contributed by atoms with Crippen LogP contribution in [0.4, 0.5) is 0 Å². The summed E-state index contributed by atoms with van der Waals surface area (Å²) < 4.78 is 0. The number of aliphatic imine (C=N–C) groups is 1. The van der Waals surface area contributed by atoms with Gasteiger partial charge in [-0.15, -0.1) is 11.3 Å². The van der Waals surface area contributed by atoms with Gasteiger partial charge >= 0.3 is 0 Å². The molecular weight excluding hydrogens is 394 g/mol. The molecule has 4 rings (SSSR count). The summed E-state index contributed by atoms with van der Waals surface area (Å²) in [5, 5.41) is 1.01. The summed E-state index contributed by atoms with van der Waals surface area (Å²) in [7, 11) is 0. The van der Waals surface area contributed by atoms with E-state index in [2.05, 4.69) is 26.6 Å². The Kier molecular flexibility index (Phi) is 7.12. The van der Waals surface area contributed by atoms with Gasteiger partial charge in [0.25, 0.3) is 0 Å². The highest BCUT2D eigenvalue weighted by Crippen LogP contribution is 2.29. The molecule has 3 aliphatic rings. The van der Waals surface area contributed by atoms with Gasteiger partial charge in [-0.1, -0.05) is 12.5 Å². The number of hydrogen-bond donors (Lipinski definition) is 0. The van der Waals surface area contributed by atoms with Gasteiger partial charge in [-0.05, 0) is 38.8 Å². The molecule has 3 heterocycles. The molecule has 1 saturated heterocycles. The van der Waals surface area contributed by atoms with E-state index < -0.39 is 0 Å². The maximum absolute atomic E-state index is 12.9. The molecule has 0 radical (unpaired) electrons. The lowest BCUT2D eigenvalue weighted by molar-refractivity contribution is -0.136. The van der Waals surface area contributed by atoms with Gasteiger partial charge in [-0.3, -0.25) is 19.6 Å². The fourth-order valence-corrected chi connectivity index (χ4v) is 5.60. The molecule has 1 aliphatic carbocycles. The summed E-state index contributed by atoms with van der Waals surface area (Å²) in [6, 6.07) is 1.25. The fraction of sp³-hybridized carbons (Fsp3) is 0.609. The van der Waals surface area contributed by atoms with E-state index in [-0.39, 0.29) is 5.91 Å². The lowest BCUT2D eigenvalue weighted by Crippen LogP contribution is -2.59. The van der Waals surface area contributed by atoms with Crippen LogP contribution in [0.25, 0.3) is 6.08 Å². The molecule has 0 aromatic carbocycles. The third-order valence-electron chi connectivity index (χ3n) is 6.41. The third kappa shape index (κ3) is 5.07. The van der Waals surface area contributed by atoms with Gasteiger partial charge in [0.2, 0.25) is 5.91 Å². The quantitative estimate of drug-likeness (QED) is 0.654. The van der Waals surface area contributed by atoms with Crippen molar-refractivity contribution in [3.63, 3.8) is 0 Å². The molecule has 1 atom stereocenters. The number of aromatic nitrogens is 1. The van der Waals surface area contributed by atoms with Gasteiger partial charge < -0.3 is 4.90 Å². The highest BCUT2D eigenvalue weighted by atomic mass is 32.1. The number of hydrogen-bond acceptors (Lipinski definition) is 6. The Labute approximate surface area is 184 Å². The maximum atomic E-state index is 12.9. The average Bonchev–Trinajstić information content (AvgIpc) is 3.10. The van der Waals surface area contributed by atoms with Crippen molar-refractivity contribution in [3.8, 4) is 0 Å². The lowest BCUT2D eigenvalue weighted by atomic mass is 9.90. The molecule has 1 unspecified atom stereocenters. The van der Waals surface area contributed by atoms with Crippen LogP contribution in [0.5, 0.6) is 0 Å². The van der Waals surface area contributed by atoms with Crippen LogP contribution in [0.2, 0.25) is 0 Å². The Hall–Kier alpha value is -1.83. The van der Waals surface area contributed by atoms with Crippen molar-refractivity contribution < 1.29 is 4.79 Å². The van der Waals surface area contributed by atoms with Crippen molar-refractivity contribution in [1.29, 1.82) is 0 Å². The van der Waals surface area contributed by atoms with E-state index in [9.17, 15) is 4.79 Å². The van der Waals surface area contributed by atoms with Crippen molar-refractivity contribution in [2.24, 2.45) is 4.99 Å². The van der Waals surface area contributed by atoms with Crippen LogP contribution in [0, 0.1) is 0 Å². The first-order valence-corrected chi connectivity index (χ1v) is 12.0. The number of rotatable bonds is 6. The highest BCUT2D eigenvalue weighted by Gasteiger charge is 2.34. The smallest absolute Gasteiger partial charge is 0.236 e. The third-order valence-corrected chi connectivity index (χ3v) is 7.45. The summed E-state index contributed by atoms with van der Waals surface area (Å²) in [6.07, 6.45) is 14.3. The SMILES string of the molecule is C\C=C/N=C\C=C\c1nc2c(s1)CN(CC(=O)N1CCN(C3CCC3)C(C)C1)CC2. The van der Waals surface area contributed by atoms with Gasteiger partial charge in [0, 0.05) is 68.5 Å². The van der Waals surface area contributed by atoms with Crippen LogP contribution in [-0.2, 0) is 17.8 Å². The highest BCUT2D eigenvalue weighted by molar-refractivity contribution is 7.12. The van der Waals surface area contributed by atoms with Crippen molar-refractivity contribution in [1.82, 2.24) is 19.7 Å². The van der Waals surface area contributed by atoms with Gasteiger partial charge in [0.15, 0.2) is 0 Å². The van der Waals surface area contributed by atoms with E-state index in [0.29, 0.717) is 12.6 Å². The first-order valence-electron chi connectivity index (χ1n) is 11.2. The molecule has 30 heavy (non-hydrogen) atoms. The van der Waals surface area contributed by atoms with Gasteiger partial charge in [0.05, 0.1) is 12.2 Å². The molecule has 0 N–H and O–H groups in total. The summed E-state index contributed by atoms with van der Waals surface area (Å²) >= 11 is 1.73. The Morgan fingerprint density at radius 1 is 1.30 bits per heavy atom. The first kappa shape index (κ1) is 21.4. The first-order chi connectivity index (χ1) is 14.6. The number of allylic oxidation sites excluding steroid dienone is 2. The van der Waals surface area contributed by atoms with Crippen molar-refractivity contribution in [2.75, 3.05) is 32.7 Å². The fourth-order valence-electron chi connectivity index (χ4n) is 4.54. The molecule has 1 saturated carbocycles. The van der Waals surface area contributed by atoms with Crippen LogP contribution < -0.4 is 0 Å². The number of piperazine rings is 1. The number of thiazole rings is 1. The van der Waals surface area contributed by atoms with E-state index >= 15 is 0 Å². The number of amides is 1. The zero-order chi connectivity index (χ0) is 20.9. The standard InChI is InChI=1S/C23H33N5OS/c1-3-10-24-11-5-8-22-25-20-9-12-26(16-21(20)30-22)17-23(29)27-13-14-28(18(2)15-27)19-6-4-7-19/h3,5,8,10-11,18-19H,4,6-7,9,12-17H2,1-2H3/b8-5+,10-3-,24-11-. The monoisotopic (exact) mass is 427 g/mol. The number of fused-ring (bicyclic) bond motifs is 1. The molecule has 1 aromatic heterocycles. The molecule has 2 fully saturated rings. The molecule has 162 valence electrons. The van der Waals surface area contributed by atoms with Gasteiger partial charge in [-0.2, -0.15) is 0 Å². The summed E-state index contributed by atoms with van der Waals surface area (Å²) in [4.78, 5) is 30.1. The van der Waals surface area contributed by atoms with E-state index in [1.54, 1.807) is 23.8 Å². The second kappa shape index (κ2) is 9.98. The average molecular weight is 428 g/mol. The second-order valence-corrected chi connectivity index (χ2v) is 9.65. The van der Waals surface area contributed by atoms with Crippen LogP contribution in [-0.4, -0.2) is 76.6 Å². The van der Waals surface area contributed by atoms with Crippen molar-refractivity contribution in [2.45, 2.75) is 58.2 Å². The predicted molar refractivity (Wildman–Crippen MR) is 124 cm³/mol. The Balaban J connectivity index is 1.28. The summed E-state index contributed by atoms with van der Waals surface area (Å²) in [5.41, 5.74) is 1.19. The Bertz CT molecular complexity index is 826. The molecule has 0 spiro atoms. The zero-order valence-corrected chi connectivity index (χ0v) is 19.0. The van der Waals surface area contributed by atoms with E-state index in [1.807, 2.05) is 25.2 Å². The van der Waals surface area contributed by atoms with Crippen molar-refractivity contribution >= 4 is 29.5 Å². The Morgan fingerprint density at radius 3 is 2.90 bits per heavy atom. The van der Waals surface area contributed by atoms with Crippen LogP contribution in [0.15, 0.2) is 23.3 Å². The Morgan fingerprint density at radius 2 is 2.17 bits per heavy atom. The number of carbonyl (C=O) groups is 1. The number of nitrogens with zero attached hydrogens (tertiary/aromatic N) is 5. The molecule has 7 heteroatoms. The van der Waals surface area contributed by atoms with Crippen LogP contribution in [0.3, 0.4) is 0 Å². The van der Waals surface area contributed by atoms with Crippen LogP contribution >= 0.6 is 11.3 Å². The predicted octanol–water partition coefficient (Wildman–Crippen LogP) is 3.20. The lowest BCUT2D eigenvalue weighted by Gasteiger charge is -2.47. The van der Waals surface area contributed by atoms with Crippen LogP contribution in [0.1, 0.15) is 48.7 Å². The molecule has 1 amide bonds. The normalized spacial score (nSPS) is 24.2. The van der Waals surface area contributed by atoms with Gasteiger partial charge in [-0.25, -0.2) is 4.98 Å². The molecular formula is C23H33N5OS.